The summed E-state index contributed by atoms with van der Waals surface area (Å²) < 4.78 is 1.18. The normalized spacial score (nSPS) is 16.1. The van der Waals surface area contributed by atoms with Crippen LogP contribution in [0.3, 0.4) is 0 Å². The highest BCUT2D eigenvalue weighted by atomic mass is 79.9. The van der Waals surface area contributed by atoms with Crippen LogP contribution in [-0.4, -0.2) is 12.6 Å². The predicted molar refractivity (Wildman–Crippen MR) is 95.9 cm³/mol. The van der Waals surface area contributed by atoms with Crippen molar-refractivity contribution in [3.05, 3.63) is 34.3 Å². The molecule has 21 heavy (non-hydrogen) atoms. The lowest BCUT2D eigenvalue weighted by Gasteiger charge is -2.18. The van der Waals surface area contributed by atoms with Gasteiger partial charge in [-0.05, 0) is 42.9 Å². The molecule has 1 atom stereocenters. The summed E-state index contributed by atoms with van der Waals surface area (Å²) >= 11 is 3.54. The van der Waals surface area contributed by atoms with Gasteiger partial charge in [0.25, 0.3) is 0 Å². The van der Waals surface area contributed by atoms with Crippen LogP contribution in [0.25, 0.3) is 0 Å². The highest BCUT2D eigenvalue weighted by molar-refractivity contribution is 9.10. The monoisotopic (exact) mass is 351 g/mol. The van der Waals surface area contributed by atoms with E-state index in [4.69, 9.17) is 0 Å². The molecule has 118 valence electrons. The van der Waals surface area contributed by atoms with Crippen molar-refractivity contribution in [2.45, 2.75) is 76.7 Å². The minimum absolute atomic E-state index is 0.685. The molecule has 0 bridgehead atoms. The highest BCUT2D eigenvalue weighted by Crippen LogP contribution is 2.26. The molecular weight excluding hydrogens is 322 g/mol. The maximum absolute atomic E-state index is 3.72. The first-order valence-corrected chi connectivity index (χ1v) is 9.57. The zero-order valence-corrected chi connectivity index (χ0v) is 15.0. The van der Waals surface area contributed by atoms with Crippen LogP contribution < -0.4 is 5.32 Å². The Hall–Kier alpha value is -0.340. The summed E-state index contributed by atoms with van der Waals surface area (Å²) in [6.07, 6.45) is 12.4. The predicted octanol–water partition coefficient (Wildman–Crippen LogP) is 6.04. The van der Waals surface area contributed by atoms with Gasteiger partial charge in [-0.15, -0.1) is 0 Å². The van der Waals surface area contributed by atoms with Gasteiger partial charge in [0.15, 0.2) is 0 Å². The van der Waals surface area contributed by atoms with E-state index in [-0.39, 0.29) is 0 Å². The summed E-state index contributed by atoms with van der Waals surface area (Å²) in [5.74, 6) is 0.685. The van der Waals surface area contributed by atoms with Crippen LogP contribution in [0.5, 0.6) is 0 Å². The third-order valence-corrected chi connectivity index (χ3v) is 5.01. The van der Waals surface area contributed by atoms with Crippen molar-refractivity contribution >= 4 is 15.9 Å². The summed E-state index contributed by atoms with van der Waals surface area (Å²) in [5.41, 5.74) is 1.50. The zero-order valence-electron chi connectivity index (χ0n) is 13.4. The van der Waals surface area contributed by atoms with Crippen LogP contribution in [0.4, 0.5) is 0 Å². The Morgan fingerprint density at radius 3 is 2.38 bits per heavy atom. The Bertz CT molecular complexity index is 383. The molecule has 0 amide bonds. The number of hydrogen-bond donors (Lipinski definition) is 1. The highest BCUT2D eigenvalue weighted by Gasteiger charge is 2.22. The van der Waals surface area contributed by atoms with Gasteiger partial charge >= 0.3 is 0 Å². The molecule has 1 aliphatic carbocycles. The van der Waals surface area contributed by atoms with E-state index >= 15 is 0 Å². The lowest BCUT2D eigenvalue weighted by Crippen LogP contribution is -2.23. The Balaban J connectivity index is 1.75. The zero-order chi connectivity index (χ0) is 14.9. The molecule has 1 saturated carbocycles. The molecule has 1 aliphatic rings. The fourth-order valence-electron chi connectivity index (χ4n) is 2.89. The number of halogens is 1. The van der Waals surface area contributed by atoms with Gasteiger partial charge in [0.2, 0.25) is 0 Å². The fraction of sp³-hybridized carbons (Fsp3) is 0.684. The third-order valence-electron chi connectivity index (χ3n) is 4.48. The number of unbranched alkanes of at least 4 members (excludes halogenated alkanes) is 5. The van der Waals surface area contributed by atoms with Crippen LogP contribution in [0.15, 0.2) is 28.7 Å². The van der Waals surface area contributed by atoms with E-state index in [1.54, 1.807) is 0 Å². The van der Waals surface area contributed by atoms with Crippen LogP contribution in [0, 0.1) is 0 Å². The van der Waals surface area contributed by atoms with E-state index in [1.165, 1.54) is 67.8 Å². The molecule has 1 aromatic carbocycles. The standard InChI is InChI=1S/C19H30BrN/c1-2-3-4-5-6-7-8-17(15-21-19-13-14-19)16-9-11-18(20)12-10-16/h9-12,17,19,21H,2-8,13-15H2,1H3. The van der Waals surface area contributed by atoms with E-state index in [0.717, 1.165) is 12.6 Å². The van der Waals surface area contributed by atoms with Crippen molar-refractivity contribution in [3.8, 4) is 0 Å². The van der Waals surface area contributed by atoms with Crippen LogP contribution in [0.1, 0.15) is 76.2 Å². The molecule has 0 heterocycles. The second-order valence-corrected chi connectivity index (χ2v) is 7.40. The van der Waals surface area contributed by atoms with Gasteiger partial charge in [0, 0.05) is 17.1 Å². The topological polar surface area (TPSA) is 12.0 Å². The molecule has 0 aromatic heterocycles. The average Bonchev–Trinajstić information content (AvgIpc) is 3.31. The lowest BCUT2D eigenvalue weighted by atomic mass is 9.92. The number of nitrogens with one attached hydrogen (secondary N) is 1. The molecule has 1 N–H and O–H groups in total. The summed E-state index contributed by atoms with van der Waals surface area (Å²) in [4.78, 5) is 0. The maximum Gasteiger partial charge on any atom is 0.0175 e. The first-order chi connectivity index (χ1) is 10.3. The van der Waals surface area contributed by atoms with Crippen molar-refractivity contribution in [2.75, 3.05) is 6.54 Å². The van der Waals surface area contributed by atoms with Gasteiger partial charge in [-0.1, -0.05) is 73.5 Å². The van der Waals surface area contributed by atoms with Gasteiger partial charge in [-0.25, -0.2) is 0 Å². The van der Waals surface area contributed by atoms with E-state index in [1.807, 2.05) is 0 Å². The molecule has 0 radical (unpaired) electrons. The second-order valence-electron chi connectivity index (χ2n) is 6.49. The first-order valence-electron chi connectivity index (χ1n) is 8.78. The fourth-order valence-corrected chi connectivity index (χ4v) is 3.15. The average molecular weight is 352 g/mol. The molecule has 2 heteroatoms. The van der Waals surface area contributed by atoms with Gasteiger partial charge in [0.1, 0.15) is 0 Å². The molecule has 0 aliphatic heterocycles. The largest absolute Gasteiger partial charge is 0.313 e. The summed E-state index contributed by atoms with van der Waals surface area (Å²) in [5, 5.41) is 3.72. The Morgan fingerprint density at radius 1 is 1.05 bits per heavy atom. The first kappa shape index (κ1) is 17.0. The van der Waals surface area contributed by atoms with Crippen molar-refractivity contribution in [1.82, 2.24) is 5.32 Å². The van der Waals surface area contributed by atoms with Crippen molar-refractivity contribution in [1.29, 1.82) is 0 Å². The Labute approximate surface area is 139 Å². The maximum atomic E-state index is 3.72. The minimum Gasteiger partial charge on any atom is -0.313 e. The number of hydrogen-bond acceptors (Lipinski definition) is 1. The van der Waals surface area contributed by atoms with Gasteiger partial charge in [0.05, 0.1) is 0 Å². The van der Waals surface area contributed by atoms with E-state index in [2.05, 4.69) is 52.4 Å². The van der Waals surface area contributed by atoms with Gasteiger partial charge in [-0.2, -0.15) is 0 Å². The molecule has 1 aromatic rings. The van der Waals surface area contributed by atoms with Crippen LogP contribution in [-0.2, 0) is 0 Å². The lowest BCUT2D eigenvalue weighted by molar-refractivity contribution is 0.505. The van der Waals surface area contributed by atoms with Crippen LogP contribution >= 0.6 is 15.9 Å². The molecule has 0 saturated heterocycles. The molecular formula is C19H30BrN. The van der Waals surface area contributed by atoms with Crippen molar-refractivity contribution < 1.29 is 0 Å². The van der Waals surface area contributed by atoms with Crippen LogP contribution in [0.2, 0.25) is 0 Å². The molecule has 1 nitrogen and oxygen atoms in total. The molecule has 1 fully saturated rings. The SMILES string of the molecule is CCCCCCCCC(CNC1CC1)c1ccc(Br)cc1. The van der Waals surface area contributed by atoms with Crippen molar-refractivity contribution in [3.63, 3.8) is 0 Å². The molecule has 2 rings (SSSR count). The molecule has 1 unspecified atom stereocenters. The number of rotatable bonds is 11. The summed E-state index contributed by atoms with van der Waals surface area (Å²) in [6.45, 7) is 3.44. The summed E-state index contributed by atoms with van der Waals surface area (Å²) in [6, 6.07) is 9.76. The van der Waals surface area contributed by atoms with E-state index in [9.17, 15) is 0 Å². The second kappa shape index (κ2) is 9.63. The quantitative estimate of drug-likeness (QED) is 0.479. The van der Waals surface area contributed by atoms with Gasteiger partial charge < -0.3 is 5.32 Å². The third kappa shape index (κ3) is 6.97. The van der Waals surface area contributed by atoms with Gasteiger partial charge in [-0.3, -0.25) is 0 Å². The van der Waals surface area contributed by atoms with E-state index in [0.29, 0.717) is 5.92 Å². The number of benzene rings is 1. The molecule has 0 spiro atoms. The smallest absolute Gasteiger partial charge is 0.0175 e. The Morgan fingerprint density at radius 2 is 1.71 bits per heavy atom. The Kier molecular flexibility index (Phi) is 7.81. The minimum atomic E-state index is 0.685. The van der Waals surface area contributed by atoms with E-state index < -0.39 is 0 Å². The summed E-state index contributed by atoms with van der Waals surface area (Å²) in [7, 11) is 0. The van der Waals surface area contributed by atoms with Crippen molar-refractivity contribution in [2.24, 2.45) is 0 Å².